The number of hydrogen-bond donors (Lipinski definition) is 1. The molecule has 7 nitrogen and oxygen atoms in total. The minimum atomic E-state index is -2.96. The largest absolute Gasteiger partial charge is 0.466 e. The number of nitrogens with one attached hydrogen (secondary N) is 1. The van der Waals surface area contributed by atoms with Gasteiger partial charge in [-0.3, -0.25) is 10.1 Å². The third-order valence-corrected chi connectivity index (χ3v) is 3.48. The van der Waals surface area contributed by atoms with Crippen LogP contribution < -0.4 is 10.1 Å². The molecule has 0 saturated carbocycles. The summed E-state index contributed by atoms with van der Waals surface area (Å²) in [7, 11) is 1.19. The summed E-state index contributed by atoms with van der Waals surface area (Å²) in [6, 6.07) is 6.04. The fourth-order valence-corrected chi connectivity index (χ4v) is 2.31. The Bertz CT molecular complexity index is 734. The molecule has 2 rings (SSSR count). The second kappa shape index (κ2) is 8.20. The van der Waals surface area contributed by atoms with Crippen LogP contribution in [0.4, 0.5) is 8.78 Å². The number of nitrogens with zero attached hydrogens (tertiary/aromatic N) is 2. The molecule has 0 atom stereocenters. The van der Waals surface area contributed by atoms with Crippen LogP contribution in [0.15, 0.2) is 45.4 Å². The van der Waals surface area contributed by atoms with Crippen molar-refractivity contribution in [2.75, 3.05) is 7.11 Å². The number of hydrogen-bond acceptors (Lipinski definition) is 7. The van der Waals surface area contributed by atoms with Gasteiger partial charge in [0.25, 0.3) is 5.91 Å². The van der Waals surface area contributed by atoms with E-state index >= 15 is 0 Å². The van der Waals surface area contributed by atoms with Gasteiger partial charge >= 0.3 is 12.6 Å². The van der Waals surface area contributed by atoms with Crippen molar-refractivity contribution in [1.29, 1.82) is 0 Å². The highest BCUT2D eigenvalue weighted by molar-refractivity contribution is 8.18. The van der Waals surface area contributed by atoms with Crippen molar-refractivity contribution in [2.45, 2.75) is 6.61 Å². The number of carbonyl (C=O) groups excluding carboxylic acids is 2. The molecule has 126 valence electrons. The Labute approximate surface area is 139 Å². The lowest BCUT2D eigenvalue weighted by Gasteiger charge is -2.06. The zero-order valence-corrected chi connectivity index (χ0v) is 13.0. The minimum Gasteiger partial charge on any atom is -0.466 e. The van der Waals surface area contributed by atoms with E-state index in [0.29, 0.717) is 5.56 Å². The number of para-hydroxylation sites is 1. The summed E-state index contributed by atoms with van der Waals surface area (Å²) in [5.74, 6) is -1.23. The van der Waals surface area contributed by atoms with Crippen LogP contribution in [0.3, 0.4) is 0 Å². The predicted molar refractivity (Wildman–Crippen MR) is 83.9 cm³/mol. The molecule has 1 heterocycles. The summed E-state index contributed by atoms with van der Waals surface area (Å²) in [6.45, 7) is -2.96. The van der Waals surface area contributed by atoms with E-state index in [1.165, 1.54) is 31.5 Å². The maximum atomic E-state index is 12.3. The summed E-state index contributed by atoms with van der Waals surface area (Å²) >= 11 is 0.897. The van der Waals surface area contributed by atoms with E-state index in [0.717, 1.165) is 17.8 Å². The Morgan fingerprint density at radius 2 is 2.12 bits per heavy atom. The average molecular weight is 355 g/mol. The highest BCUT2D eigenvalue weighted by atomic mass is 32.2. The smallest absolute Gasteiger partial charge is 0.387 e. The van der Waals surface area contributed by atoms with Crippen molar-refractivity contribution in [2.24, 2.45) is 10.2 Å². The summed E-state index contributed by atoms with van der Waals surface area (Å²) in [4.78, 5) is 22.8. The van der Waals surface area contributed by atoms with Gasteiger partial charge in [-0.25, -0.2) is 4.79 Å². The summed E-state index contributed by atoms with van der Waals surface area (Å²) in [5, 5.41) is 10.0. The van der Waals surface area contributed by atoms with Gasteiger partial charge in [0.2, 0.25) is 0 Å². The average Bonchev–Trinajstić information content (AvgIpc) is 2.88. The number of benzene rings is 1. The lowest BCUT2D eigenvalue weighted by atomic mass is 10.2. The van der Waals surface area contributed by atoms with Crippen molar-refractivity contribution in [1.82, 2.24) is 5.32 Å². The Hall–Kier alpha value is -2.75. The molecule has 1 saturated heterocycles. The summed E-state index contributed by atoms with van der Waals surface area (Å²) < 4.78 is 33.4. The number of amides is 1. The Morgan fingerprint density at radius 3 is 2.83 bits per heavy atom. The Morgan fingerprint density at radius 1 is 1.38 bits per heavy atom. The van der Waals surface area contributed by atoms with Gasteiger partial charge in [-0.2, -0.15) is 13.9 Å². The molecule has 0 aromatic heterocycles. The number of carbonyl (C=O) groups is 2. The molecular formula is C14H11F2N3O4S. The van der Waals surface area contributed by atoms with Crippen molar-refractivity contribution < 1.29 is 27.8 Å². The monoisotopic (exact) mass is 355 g/mol. The van der Waals surface area contributed by atoms with E-state index in [1.807, 2.05) is 0 Å². The number of halogens is 2. The topological polar surface area (TPSA) is 89.3 Å². The third-order valence-electron chi connectivity index (χ3n) is 2.58. The van der Waals surface area contributed by atoms with Gasteiger partial charge in [0.15, 0.2) is 5.17 Å². The highest BCUT2D eigenvalue weighted by Crippen LogP contribution is 2.23. The molecule has 1 amide bonds. The van der Waals surface area contributed by atoms with E-state index in [-0.39, 0.29) is 15.8 Å². The number of esters is 1. The first-order valence-electron chi connectivity index (χ1n) is 6.43. The molecule has 1 aliphatic heterocycles. The molecule has 10 heteroatoms. The number of alkyl halides is 2. The van der Waals surface area contributed by atoms with Crippen LogP contribution in [0.2, 0.25) is 0 Å². The molecular weight excluding hydrogens is 344 g/mol. The summed E-state index contributed by atoms with van der Waals surface area (Å²) in [6.07, 6.45) is 2.23. The molecule has 24 heavy (non-hydrogen) atoms. The number of ether oxygens (including phenoxy) is 2. The fraction of sp³-hybridized carbons (Fsp3) is 0.143. The summed E-state index contributed by atoms with van der Waals surface area (Å²) in [5.41, 5.74) is 0.293. The minimum absolute atomic E-state index is 0.0502. The van der Waals surface area contributed by atoms with Crippen LogP contribution >= 0.6 is 11.8 Å². The van der Waals surface area contributed by atoms with Gasteiger partial charge in [0.05, 0.1) is 18.2 Å². The molecule has 0 bridgehead atoms. The first-order valence-corrected chi connectivity index (χ1v) is 7.25. The Balaban J connectivity index is 2.09. The molecule has 1 aromatic rings. The second-order valence-corrected chi connectivity index (χ2v) is 5.18. The quantitative estimate of drug-likeness (QED) is 0.377. The van der Waals surface area contributed by atoms with Gasteiger partial charge < -0.3 is 9.47 Å². The number of amidine groups is 1. The van der Waals surface area contributed by atoms with Crippen molar-refractivity contribution >= 4 is 35.0 Å². The van der Waals surface area contributed by atoms with Crippen molar-refractivity contribution in [3.8, 4) is 5.75 Å². The Kier molecular flexibility index (Phi) is 6.01. The fourth-order valence-electron chi connectivity index (χ4n) is 1.58. The first kappa shape index (κ1) is 17.6. The number of thioether (sulfide) groups is 1. The van der Waals surface area contributed by atoms with Crippen molar-refractivity contribution in [3.63, 3.8) is 0 Å². The zero-order valence-electron chi connectivity index (χ0n) is 12.2. The van der Waals surface area contributed by atoms with Crippen LogP contribution in [-0.2, 0) is 14.3 Å². The van der Waals surface area contributed by atoms with Gasteiger partial charge in [-0.15, -0.1) is 5.10 Å². The van der Waals surface area contributed by atoms with Gasteiger partial charge in [0, 0.05) is 11.6 Å². The van der Waals surface area contributed by atoms with E-state index in [1.54, 1.807) is 6.07 Å². The number of methoxy groups -OCH3 is 1. The predicted octanol–water partition coefficient (Wildman–Crippen LogP) is 1.90. The van der Waals surface area contributed by atoms with E-state index in [9.17, 15) is 18.4 Å². The maximum Gasteiger partial charge on any atom is 0.387 e. The SMILES string of the molecule is COC(=O)/C=C1/S/C(=N\N=Cc2ccccc2OC(F)F)NC1=O. The molecule has 0 aliphatic carbocycles. The van der Waals surface area contributed by atoms with Gasteiger partial charge in [0.1, 0.15) is 5.75 Å². The molecule has 1 fully saturated rings. The molecule has 0 radical (unpaired) electrons. The third kappa shape index (κ3) is 4.88. The molecule has 0 spiro atoms. The van der Waals surface area contributed by atoms with Crippen LogP contribution in [0, 0.1) is 0 Å². The molecule has 1 aromatic carbocycles. The van der Waals surface area contributed by atoms with E-state index < -0.39 is 18.5 Å². The first-order chi connectivity index (χ1) is 11.5. The molecule has 1 N–H and O–H groups in total. The van der Waals surface area contributed by atoms with Crippen LogP contribution in [0.25, 0.3) is 0 Å². The van der Waals surface area contributed by atoms with Crippen LogP contribution in [-0.4, -0.2) is 37.0 Å². The standard InChI is InChI=1S/C14H11F2N3O4S/c1-22-11(20)6-10-12(21)18-14(24-10)19-17-7-8-4-2-3-5-9(8)23-13(15)16/h2-7,13H,1H3,(H,18,19,21)/b10-6+,17-7?. The van der Waals surface area contributed by atoms with Gasteiger partial charge in [-0.05, 0) is 23.9 Å². The number of rotatable bonds is 5. The van der Waals surface area contributed by atoms with E-state index in [2.05, 4.69) is 25.0 Å². The van der Waals surface area contributed by atoms with Crippen molar-refractivity contribution in [3.05, 3.63) is 40.8 Å². The normalized spacial score (nSPS) is 17.8. The lowest BCUT2D eigenvalue weighted by Crippen LogP contribution is -2.19. The zero-order chi connectivity index (χ0) is 17.5. The maximum absolute atomic E-state index is 12.3. The highest BCUT2D eigenvalue weighted by Gasteiger charge is 2.25. The molecule has 0 unspecified atom stereocenters. The van der Waals surface area contributed by atoms with Crippen LogP contribution in [0.1, 0.15) is 5.56 Å². The second-order valence-electron chi connectivity index (χ2n) is 4.15. The van der Waals surface area contributed by atoms with Crippen LogP contribution in [0.5, 0.6) is 5.75 Å². The van der Waals surface area contributed by atoms with Gasteiger partial charge in [-0.1, -0.05) is 12.1 Å². The molecule has 1 aliphatic rings. The van der Waals surface area contributed by atoms with E-state index in [4.69, 9.17) is 0 Å². The lowest BCUT2D eigenvalue weighted by molar-refractivity contribution is -0.135.